The first-order valence-corrected chi connectivity index (χ1v) is 0. The Morgan fingerprint density at radius 3 is 0.333 bits per heavy atom. The van der Waals surface area contributed by atoms with E-state index in [-0.39, 0.29) is 85.5 Å². The SMILES string of the molecule is C.C.C.[W].[W].[W]. The number of rotatable bonds is 0. The van der Waals surface area contributed by atoms with E-state index in [0.29, 0.717) is 0 Å². The van der Waals surface area contributed by atoms with Gasteiger partial charge in [0.25, 0.3) is 0 Å². The second-order valence-corrected chi connectivity index (χ2v) is 0. The molecule has 0 bridgehead atoms. The van der Waals surface area contributed by atoms with Gasteiger partial charge in [-0.25, -0.2) is 0 Å². The summed E-state index contributed by atoms with van der Waals surface area (Å²) in [7, 11) is 0. The monoisotopic (exact) mass is 600 g/mol. The minimum Gasteiger partial charge on any atom is -0.0776 e. The first-order valence-electron chi connectivity index (χ1n) is 0. The van der Waals surface area contributed by atoms with Crippen LogP contribution in [0.2, 0.25) is 0 Å². The fourth-order valence-corrected chi connectivity index (χ4v) is 0. The van der Waals surface area contributed by atoms with Crippen LogP contribution in [0.15, 0.2) is 0 Å². The molecule has 0 N–H and O–H groups in total. The summed E-state index contributed by atoms with van der Waals surface area (Å²) < 4.78 is 0. The second-order valence-electron chi connectivity index (χ2n) is 0. The first-order chi connectivity index (χ1) is 0. The normalized spacial score (nSPS) is 0. The topological polar surface area (TPSA) is 0 Å². The third-order valence-corrected chi connectivity index (χ3v) is 0. The largest absolute Gasteiger partial charge is 0.0776 e. The molecule has 0 heterocycles. The summed E-state index contributed by atoms with van der Waals surface area (Å²) >= 11 is 0. The van der Waals surface area contributed by atoms with Crippen molar-refractivity contribution in [3.63, 3.8) is 0 Å². The van der Waals surface area contributed by atoms with Crippen LogP contribution in [0.25, 0.3) is 0 Å². The van der Waals surface area contributed by atoms with Gasteiger partial charge in [0.2, 0.25) is 0 Å². The Labute approximate surface area is 84.6 Å². The van der Waals surface area contributed by atoms with Crippen LogP contribution in [0.1, 0.15) is 22.3 Å². The molecule has 0 unspecified atom stereocenters. The Kier molecular flexibility index (Phi) is 959. The molecule has 0 aliphatic carbocycles. The van der Waals surface area contributed by atoms with Gasteiger partial charge in [0.1, 0.15) is 0 Å². The molecule has 0 amide bonds. The summed E-state index contributed by atoms with van der Waals surface area (Å²) in [5.41, 5.74) is 0. The van der Waals surface area contributed by atoms with Crippen molar-refractivity contribution in [2.75, 3.05) is 0 Å². The van der Waals surface area contributed by atoms with Gasteiger partial charge in [0.15, 0.2) is 0 Å². The zero-order valence-electron chi connectivity index (χ0n) is 1.22. The molecule has 42 valence electrons. The van der Waals surface area contributed by atoms with Crippen molar-refractivity contribution < 1.29 is 63.2 Å². The van der Waals surface area contributed by atoms with Crippen LogP contribution in [0.4, 0.5) is 0 Å². The van der Waals surface area contributed by atoms with Gasteiger partial charge in [0, 0.05) is 63.2 Å². The van der Waals surface area contributed by atoms with Crippen molar-refractivity contribution >= 4 is 0 Å². The van der Waals surface area contributed by atoms with Gasteiger partial charge in [-0.3, -0.25) is 0 Å². The van der Waals surface area contributed by atoms with Crippen molar-refractivity contribution in [2.45, 2.75) is 22.3 Å². The Balaban J connectivity index is 0. The van der Waals surface area contributed by atoms with E-state index in [0.717, 1.165) is 0 Å². The standard InChI is InChI=1S/3CH4.3W/h3*1H4;;;. The Morgan fingerprint density at radius 2 is 0.333 bits per heavy atom. The van der Waals surface area contributed by atoms with Gasteiger partial charge in [-0.05, 0) is 0 Å². The third-order valence-electron chi connectivity index (χ3n) is 0. The molecule has 0 aromatic heterocycles. The fourth-order valence-electron chi connectivity index (χ4n) is 0. The molecule has 3 heteroatoms. The van der Waals surface area contributed by atoms with E-state index in [9.17, 15) is 0 Å². The molecule has 0 aliphatic rings. The molecular weight excluding hydrogens is 588 g/mol. The quantitative estimate of drug-likeness (QED) is 0.400. The van der Waals surface area contributed by atoms with Crippen LogP contribution in [0, 0.1) is 0 Å². The van der Waals surface area contributed by atoms with Crippen molar-refractivity contribution in [3.8, 4) is 0 Å². The van der Waals surface area contributed by atoms with Gasteiger partial charge >= 0.3 is 0 Å². The summed E-state index contributed by atoms with van der Waals surface area (Å²) in [6.07, 6.45) is 0. The maximum Gasteiger partial charge on any atom is 0 e. The van der Waals surface area contributed by atoms with E-state index in [1.807, 2.05) is 0 Å². The Morgan fingerprint density at radius 1 is 0.333 bits per heavy atom. The molecule has 6 heavy (non-hydrogen) atoms. The van der Waals surface area contributed by atoms with Crippen LogP contribution >= 0.6 is 0 Å². The molecule has 0 spiro atoms. The van der Waals surface area contributed by atoms with Crippen molar-refractivity contribution in [1.82, 2.24) is 0 Å². The van der Waals surface area contributed by atoms with E-state index >= 15 is 0 Å². The minimum atomic E-state index is 0. The molecule has 0 saturated heterocycles. The maximum atomic E-state index is 0. The zero-order valence-corrected chi connectivity index (χ0v) is 10.0. The predicted molar refractivity (Wildman–Crippen MR) is 20.2 cm³/mol. The summed E-state index contributed by atoms with van der Waals surface area (Å²) in [5, 5.41) is 0. The minimum absolute atomic E-state index is 0. The number of hydrogen-bond acceptors (Lipinski definition) is 0. The van der Waals surface area contributed by atoms with Crippen LogP contribution < -0.4 is 0 Å². The molecule has 0 nitrogen and oxygen atoms in total. The van der Waals surface area contributed by atoms with E-state index in [1.165, 1.54) is 0 Å². The maximum absolute atomic E-state index is 0. The van der Waals surface area contributed by atoms with Gasteiger partial charge < -0.3 is 0 Å². The molecule has 0 aromatic rings. The smallest absolute Gasteiger partial charge is 0 e. The van der Waals surface area contributed by atoms with Gasteiger partial charge in [0.05, 0.1) is 0 Å². The average Bonchev–Trinajstić information content (AvgIpc) is 0. The zero-order chi connectivity index (χ0) is 0. The predicted octanol–water partition coefficient (Wildman–Crippen LogP) is 1.90. The van der Waals surface area contributed by atoms with Crippen molar-refractivity contribution in [2.24, 2.45) is 0 Å². The van der Waals surface area contributed by atoms with E-state index in [1.54, 1.807) is 0 Å². The molecule has 0 fully saturated rings. The van der Waals surface area contributed by atoms with Crippen LogP contribution in [-0.2, 0) is 63.2 Å². The molecule has 0 atom stereocenters. The average molecular weight is 600 g/mol. The fraction of sp³-hybridized carbons (Fsp3) is 1.00. The van der Waals surface area contributed by atoms with E-state index in [4.69, 9.17) is 0 Å². The van der Waals surface area contributed by atoms with Crippen LogP contribution in [-0.4, -0.2) is 0 Å². The first kappa shape index (κ1) is 94.4. The summed E-state index contributed by atoms with van der Waals surface area (Å²) in [6.45, 7) is 0. The van der Waals surface area contributed by atoms with Gasteiger partial charge in [-0.15, -0.1) is 0 Å². The van der Waals surface area contributed by atoms with Gasteiger partial charge in [-0.1, -0.05) is 22.3 Å². The van der Waals surface area contributed by atoms with Crippen LogP contribution in [0.3, 0.4) is 0 Å². The molecule has 0 aromatic carbocycles. The van der Waals surface area contributed by atoms with E-state index < -0.39 is 0 Å². The summed E-state index contributed by atoms with van der Waals surface area (Å²) in [4.78, 5) is 0. The number of hydrogen-bond donors (Lipinski definition) is 0. The molecular formula is C3H12W3. The Hall–Kier alpha value is 2.06. The second kappa shape index (κ2) is 60.9. The van der Waals surface area contributed by atoms with Crippen LogP contribution in [0.5, 0.6) is 0 Å². The van der Waals surface area contributed by atoms with E-state index in [2.05, 4.69) is 0 Å². The molecule has 0 aliphatic heterocycles. The third kappa shape index (κ3) is 36.5. The van der Waals surface area contributed by atoms with Crippen molar-refractivity contribution in [3.05, 3.63) is 0 Å². The van der Waals surface area contributed by atoms with Gasteiger partial charge in [-0.2, -0.15) is 0 Å². The molecule has 0 radical (unpaired) electrons. The summed E-state index contributed by atoms with van der Waals surface area (Å²) in [6, 6.07) is 0. The Bertz CT molecular complexity index is 6.00. The van der Waals surface area contributed by atoms with Crippen molar-refractivity contribution in [1.29, 1.82) is 0 Å². The summed E-state index contributed by atoms with van der Waals surface area (Å²) in [5.74, 6) is 0. The molecule has 0 rings (SSSR count). The molecule has 0 saturated carbocycles.